The Kier molecular flexibility index (Phi) is 3.90. The first kappa shape index (κ1) is 13.3. The molecule has 3 nitrogen and oxygen atoms in total. The second-order valence-corrected chi connectivity index (χ2v) is 5.17. The minimum Gasteiger partial charge on any atom is -0.379 e. The smallest absolute Gasteiger partial charge is 0.187 e. The highest BCUT2D eigenvalue weighted by Crippen LogP contribution is 2.32. The molecule has 0 spiro atoms. The molecule has 2 rings (SSSR count). The van der Waals surface area contributed by atoms with Gasteiger partial charge in [0.05, 0.1) is 16.9 Å². The van der Waals surface area contributed by atoms with Gasteiger partial charge in [0.1, 0.15) is 5.60 Å². The van der Waals surface area contributed by atoms with Gasteiger partial charge in [-0.2, -0.15) is 0 Å². The van der Waals surface area contributed by atoms with E-state index in [2.05, 4.69) is 9.97 Å². The van der Waals surface area contributed by atoms with Crippen molar-refractivity contribution in [2.45, 2.75) is 17.7 Å². The van der Waals surface area contributed by atoms with Crippen molar-refractivity contribution in [3.63, 3.8) is 0 Å². The Bertz CT molecular complexity index is 546. The van der Waals surface area contributed by atoms with Crippen LogP contribution in [0.5, 0.6) is 0 Å². The highest BCUT2D eigenvalue weighted by atomic mass is 35.5. The number of aromatic nitrogens is 2. The van der Waals surface area contributed by atoms with Crippen molar-refractivity contribution in [3.8, 4) is 0 Å². The van der Waals surface area contributed by atoms with E-state index in [1.165, 1.54) is 18.0 Å². The minimum absolute atomic E-state index is 0.363. The number of aliphatic hydroxyl groups is 1. The number of thioether (sulfide) groups is 1. The highest BCUT2D eigenvalue weighted by molar-refractivity contribution is 7.98. The minimum atomic E-state index is -1.23. The molecule has 1 aromatic heterocycles. The Morgan fingerprint density at radius 3 is 2.56 bits per heavy atom. The Hall–Kier alpha value is -1.10. The molecule has 1 unspecified atom stereocenters. The highest BCUT2D eigenvalue weighted by Gasteiger charge is 2.30. The predicted molar refractivity (Wildman–Crippen MR) is 73.9 cm³/mol. The zero-order valence-corrected chi connectivity index (χ0v) is 11.7. The fraction of sp³-hybridized carbons (Fsp3) is 0.231. The quantitative estimate of drug-likeness (QED) is 0.693. The van der Waals surface area contributed by atoms with E-state index in [0.717, 1.165) is 5.56 Å². The zero-order chi connectivity index (χ0) is 13.2. The van der Waals surface area contributed by atoms with Gasteiger partial charge in [0, 0.05) is 0 Å². The molecule has 0 amide bonds. The van der Waals surface area contributed by atoms with Crippen LogP contribution in [-0.2, 0) is 5.60 Å². The molecule has 5 heteroatoms. The van der Waals surface area contributed by atoms with Crippen LogP contribution in [0.15, 0.2) is 41.7 Å². The molecule has 0 saturated carbocycles. The van der Waals surface area contributed by atoms with Crippen LogP contribution >= 0.6 is 23.4 Å². The van der Waals surface area contributed by atoms with Crippen molar-refractivity contribution < 1.29 is 5.11 Å². The van der Waals surface area contributed by atoms with Gasteiger partial charge >= 0.3 is 0 Å². The fourth-order valence-corrected chi connectivity index (χ4v) is 2.31. The third-order valence-corrected chi connectivity index (χ3v) is 3.54. The van der Waals surface area contributed by atoms with Crippen LogP contribution in [0, 0.1) is 0 Å². The molecule has 1 heterocycles. The van der Waals surface area contributed by atoms with Crippen LogP contribution in [-0.4, -0.2) is 21.3 Å². The van der Waals surface area contributed by atoms with E-state index in [-0.39, 0.29) is 0 Å². The molecule has 18 heavy (non-hydrogen) atoms. The molecule has 1 aromatic carbocycles. The number of nitrogens with zero attached hydrogens (tertiary/aromatic N) is 2. The molecule has 0 aliphatic rings. The first-order valence-corrected chi connectivity index (χ1v) is 7.01. The summed E-state index contributed by atoms with van der Waals surface area (Å²) in [5.41, 5.74) is -0.0569. The number of benzene rings is 1. The molecule has 1 atom stereocenters. The number of rotatable bonds is 3. The summed E-state index contributed by atoms with van der Waals surface area (Å²) >= 11 is 7.50. The first-order valence-electron chi connectivity index (χ1n) is 5.40. The van der Waals surface area contributed by atoms with Crippen LogP contribution in [0.25, 0.3) is 0 Å². The largest absolute Gasteiger partial charge is 0.379 e. The monoisotopic (exact) mass is 280 g/mol. The number of hydrogen-bond donors (Lipinski definition) is 1. The number of hydrogen-bond acceptors (Lipinski definition) is 4. The molecule has 0 radical (unpaired) electrons. The average molecular weight is 281 g/mol. The van der Waals surface area contributed by atoms with Gasteiger partial charge in [-0.15, -0.1) is 0 Å². The second-order valence-electron chi connectivity index (χ2n) is 3.99. The van der Waals surface area contributed by atoms with Gasteiger partial charge in [-0.25, -0.2) is 9.97 Å². The third-order valence-electron chi connectivity index (χ3n) is 2.70. The lowest BCUT2D eigenvalue weighted by atomic mass is 9.92. The van der Waals surface area contributed by atoms with E-state index >= 15 is 0 Å². The van der Waals surface area contributed by atoms with Gasteiger partial charge < -0.3 is 5.11 Å². The molecular weight excluding hydrogens is 268 g/mol. The second kappa shape index (κ2) is 5.26. The zero-order valence-electron chi connectivity index (χ0n) is 10.1. The van der Waals surface area contributed by atoms with E-state index in [1.807, 2.05) is 36.6 Å². The molecular formula is C13H13ClN2OS. The predicted octanol–water partition coefficient (Wildman–Crippen LogP) is 3.11. The van der Waals surface area contributed by atoms with Crippen LogP contribution in [0.4, 0.5) is 0 Å². The van der Waals surface area contributed by atoms with Gasteiger partial charge in [-0.3, -0.25) is 0 Å². The van der Waals surface area contributed by atoms with Gasteiger partial charge in [0.2, 0.25) is 0 Å². The Labute approximate surface area is 115 Å². The van der Waals surface area contributed by atoms with Crippen LogP contribution in [0.1, 0.15) is 18.2 Å². The lowest BCUT2D eigenvalue weighted by Gasteiger charge is -2.24. The summed E-state index contributed by atoms with van der Waals surface area (Å²) < 4.78 is 0. The van der Waals surface area contributed by atoms with Crippen molar-refractivity contribution in [2.24, 2.45) is 0 Å². The third kappa shape index (κ3) is 2.51. The van der Waals surface area contributed by atoms with Gasteiger partial charge in [-0.05, 0) is 18.7 Å². The van der Waals surface area contributed by atoms with E-state index in [9.17, 15) is 5.11 Å². The number of halogens is 1. The van der Waals surface area contributed by atoms with Crippen LogP contribution in [0.2, 0.25) is 5.02 Å². The SMILES string of the molecule is CSc1ncc(Cl)c(C(C)(O)c2ccccc2)n1. The van der Waals surface area contributed by atoms with Crippen molar-refractivity contribution in [1.29, 1.82) is 0 Å². The summed E-state index contributed by atoms with van der Waals surface area (Å²) in [6.07, 6.45) is 3.40. The van der Waals surface area contributed by atoms with Crippen LogP contribution in [0.3, 0.4) is 0 Å². The lowest BCUT2D eigenvalue weighted by Crippen LogP contribution is -2.25. The average Bonchev–Trinajstić information content (AvgIpc) is 2.40. The normalized spacial score (nSPS) is 14.2. The maximum absolute atomic E-state index is 10.7. The Morgan fingerprint density at radius 2 is 1.94 bits per heavy atom. The summed E-state index contributed by atoms with van der Waals surface area (Å²) in [5, 5.41) is 11.6. The molecule has 94 valence electrons. The summed E-state index contributed by atoms with van der Waals surface area (Å²) in [4.78, 5) is 8.38. The maximum Gasteiger partial charge on any atom is 0.187 e. The van der Waals surface area contributed by atoms with Gasteiger partial charge in [0.25, 0.3) is 0 Å². The molecule has 0 aliphatic heterocycles. The van der Waals surface area contributed by atoms with E-state index in [4.69, 9.17) is 11.6 Å². The molecule has 0 aliphatic carbocycles. The van der Waals surface area contributed by atoms with E-state index in [0.29, 0.717) is 15.9 Å². The van der Waals surface area contributed by atoms with Crippen molar-refractivity contribution in [2.75, 3.05) is 6.26 Å². The Balaban J connectivity index is 2.53. The summed E-state index contributed by atoms with van der Waals surface area (Å²) in [7, 11) is 0. The summed E-state index contributed by atoms with van der Waals surface area (Å²) in [5.74, 6) is 0. The first-order chi connectivity index (χ1) is 8.55. The topological polar surface area (TPSA) is 46.0 Å². The van der Waals surface area contributed by atoms with E-state index in [1.54, 1.807) is 6.92 Å². The van der Waals surface area contributed by atoms with Gasteiger partial charge in [-0.1, -0.05) is 53.7 Å². The van der Waals surface area contributed by atoms with Crippen LogP contribution < -0.4 is 0 Å². The Morgan fingerprint density at radius 1 is 1.28 bits per heavy atom. The summed E-state index contributed by atoms with van der Waals surface area (Å²) in [6, 6.07) is 9.33. The standard InChI is InChI=1S/C13H13ClN2OS/c1-13(17,9-6-4-3-5-7-9)11-10(14)8-15-12(16-11)18-2/h3-8,17H,1-2H3. The summed E-state index contributed by atoms with van der Waals surface area (Å²) in [6.45, 7) is 1.68. The molecule has 0 fully saturated rings. The van der Waals surface area contributed by atoms with Gasteiger partial charge in [0.15, 0.2) is 5.16 Å². The molecule has 0 saturated heterocycles. The van der Waals surface area contributed by atoms with E-state index < -0.39 is 5.60 Å². The maximum atomic E-state index is 10.7. The van der Waals surface area contributed by atoms with Crippen molar-refractivity contribution >= 4 is 23.4 Å². The molecule has 1 N–H and O–H groups in total. The van der Waals surface area contributed by atoms with Crippen molar-refractivity contribution in [1.82, 2.24) is 9.97 Å². The van der Waals surface area contributed by atoms with Crippen molar-refractivity contribution in [3.05, 3.63) is 52.8 Å². The fourth-order valence-electron chi connectivity index (χ4n) is 1.69. The molecule has 2 aromatic rings. The molecule has 0 bridgehead atoms. The lowest BCUT2D eigenvalue weighted by molar-refractivity contribution is 0.0966.